The zero-order valence-electron chi connectivity index (χ0n) is 20.7. The second kappa shape index (κ2) is 13.3. The average molecular weight is 544 g/mol. The molecule has 38 heavy (non-hydrogen) atoms. The Labute approximate surface area is 224 Å². The summed E-state index contributed by atoms with van der Waals surface area (Å²) in [5, 5.41) is 6.20. The zero-order valence-corrected chi connectivity index (χ0v) is 21.4. The highest BCUT2D eigenvalue weighted by Crippen LogP contribution is 2.28. The van der Waals surface area contributed by atoms with Gasteiger partial charge >= 0.3 is 0 Å². The number of halogens is 3. The van der Waals surface area contributed by atoms with Crippen molar-refractivity contribution in [3.8, 4) is 5.75 Å². The molecule has 1 fully saturated rings. The first-order valence-electron chi connectivity index (χ1n) is 12.1. The SMILES string of the molecule is C=CC(=O)Cc1cccc(CNc2nc(Nc3cc(F)c(OCCN4CCOCC4)c(F)c3)ncc2Cl)c1. The molecule has 1 aliphatic rings. The molecule has 11 heteroatoms. The standard InChI is InChI=1S/C27H28ClF2N5O3/c1-2-21(36)13-18-4-3-5-19(12-18)16-31-26-22(28)17-32-27(34-26)33-20-14-23(29)25(24(30)15-20)38-11-8-35-6-9-37-10-7-35/h2-5,12,14-15,17H,1,6-11,13,16H2,(H2,31,32,33,34). The second-order valence-electron chi connectivity index (χ2n) is 8.61. The van der Waals surface area contributed by atoms with Crippen molar-refractivity contribution in [3.05, 3.63) is 83.0 Å². The number of rotatable bonds is 12. The Kier molecular flexibility index (Phi) is 9.58. The summed E-state index contributed by atoms with van der Waals surface area (Å²) >= 11 is 6.24. The van der Waals surface area contributed by atoms with Crippen LogP contribution in [0.2, 0.25) is 5.02 Å². The minimum Gasteiger partial charge on any atom is -0.486 e. The van der Waals surface area contributed by atoms with E-state index in [9.17, 15) is 13.6 Å². The van der Waals surface area contributed by atoms with Crippen LogP contribution in [0.1, 0.15) is 11.1 Å². The minimum absolute atomic E-state index is 0.0647. The molecule has 2 heterocycles. The molecule has 2 aromatic carbocycles. The van der Waals surface area contributed by atoms with E-state index in [1.807, 2.05) is 24.3 Å². The number of carbonyl (C=O) groups excluding carboxylic acids is 1. The molecule has 1 aliphatic heterocycles. The lowest BCUT2D eigenvalue weighted by Crippen LogP contribution is -2.38. The van der Waals surface area contributed by atoms with Crippen LogP contribution in [-0.2, 0) is 22.5 Å². The fourth-order valence-corrected chi connectivity index (χ4v) is 4.02. The first-order chi connectivity index (χ1) is 18.4. The predicted octanol–water partition coefficient (Wildman–Crippen LogP) is 4.77. The van der Waals surface area contributed by atoms with Crippen molar-refractivity contribution in [1.29, 1.82) is 0 Å². The third-order valence-corrected chi connectivity index (χ3v) is 6.09. The van der Waals surface area contributed by atoms with Gasteiger partial charge in [-0.15, -0.1) is 0 Å². The maximum atomic E-state index is 14.6. The molecule has 2 N–H and O–H groups in total. The van der Waals surface area contributed by atoms with Gasteiger partial charge in [0, 0.05) is 50.4 Å². The van der Waals surface area contributed by atoms with Crippen LogP contribution in [0.15, 0.2) is 55.3 Å². The number of nitrogens with one attached hydrogen (secondary N) is 2. The number of nitrogens with zero attached hydrogens (tertiary/aromatic N) is 3. The van der Waals surface area contributed by atoms with Crippen molar-refractivity contribution < 1.29 is 23.0 Å². The number of hydrogen-bond donors (Lipinski definition) is 2. The number of ketones is 1. The van der Waals surface area contributed by atoms with E-state index >= 15 is 0 Å². The van der Waals surface area contributed by atoms with Gasteiger partial charge in [0.25, 0.3) is 0 Å². The number of allylic oxidation sites excluding steroid dienone is 1. The molecule has 0 unspecified atom stereocenters. The molecular weight excluding hydrogens is 516 g/mol. The molecule has 0 bridgehead atoms. The maximum Gasteiger partial charge on any atom is 0.229 e. The van der Waals surface area contributed by atoms with Gasteiger partial charge in [-0.1, -0.05) is 42.4 Å². The third-order valence-electron chi connectivity index (χ3n) is 5.81. The van der Waals surface area contributed by atoms with Crippen molar-refractivity contribution in [3.63, 3.8) is 0 Å². The third kappa shape index (κ3) is 7.70. The summed E-state index contributed by atoms with van der Waals surface area (Å²) < 4.78 is 39.9. The molecule has 0 aliphatic carbocycles. The Morgan fingerprint density at radius 1 is 1.18 bits per heavy atom. The Morgan fingerprint density at radius 2 is 1.92 bits per heavy atom. The van der Waals surface area contributed by atoms with E-state index in [4.69, 9.17) is 21.1 Å². The van der Waals surface area contributed by atoms with E-state index < -0.39 is 17.4 Å². The molecule has 4 rings (SSSR count). The average Bonchev–Trinajstić information content (AvgIpc) is 2.91. The van der Waals surface area contributed by atoms with Crippen LogP contribution >= 0.6 is 11.6 Å². The fourth-order valence-electron chi connectivity index (χ4n) is 3.86. The molecule has 200 valence electrons. The van der Waals surface area contributed by atoms with Crippen LogP contribution in [0, 0.1) is 11.6 Å². The predicted molar refractivity (Wildman–Crippen MR) is 142 cm³/mol. The molecular formula is C27H28ClF2N5O3. The zero-order chi connectivity index (χ0) is 26.9. The first kappa shape index (κ1) is 27.4. The first-order valence-corrected chi connectivity index (χ1v) is 12.5. The molecule has 3 aromatic rings. The fraction of sp³-hybridized carbons (Fsp3) is 0.296. The summed E-state index contributed by atoms with van der Waals surface area (Å²) in [6.07, 6.45) is 2.95. The Bertz CT molecular complexity index is 1260. The van der Waals surface area contributed by atoms with E-state index in [0.29, 0.717) is 32.1 Å². The van der Waals surface area contributed by atoms with Gasteiger partial charge in [-0.2, -0.15) is 4.98 Å². The molecule has 0 spiro atoms. The van der Waals surface area contributed by atoms with Gasteiger partial charge in [0.2, 0.25) is 5.95 Å². The van der Waals surface area contributed by atoms with Gasteiger partial charge in [-0.3, -0.25) is 9.69 Å². The van der Waals surface area contributed by atoms with E-state index in [2.05, 4.69) is 32.1 Å². The highest BCUT2D eigenvalue weighted by atomic mass is 35.5. The van der Waals surface area contributed by atoms with E-state index in [1.54, 1.807) is 0 Å². The largest absolute Gasteiger partial charge is 0.486 e. The van der Waals surface area contributed by atoms with Crippen LogP contribution in [-0.4, -0.2) is 60.1 Å². The quantitative estimate of drug-likeness (QED) is 0.316. The lowest BCUT2D eigenvalue weighted by atomic mass is 10.1. The maximum absolute atomic E-state index is 14.6. The van der Waals surface area contributed by atoms with Crippen molar-refractivity contribution >= 4 is 34.8 Å². The van der Waals surface area contributed by atoms with Gasteiger partial charge < -0.3 is 20.1 Å². The van der Waals surface area contributed by atoms with Gasteiger partial charge in [0.05, 0.1) is 19.4 Å². The van der Waals surface area contributed by atoms with Crippen molar-refractivity contribution in [1.82, 2.24) is 14.9 Å². The molecule has 0 saturated carbocycles. The number of carbonyl (C=O) groups is 1. The van der Waals surface area contributed by atoms with Crippen molar-refractivity contribution in [2.75, 3.05) is 50.1 Å². The number of ether oxygens (including phenoxy) is 2. The molecule has 0 atom stereocenters. The summed E-state index contributed by atoms with van der Waals surface area (Å²) in [5.74, 6) is -1.73. The van der Waals surface area contributed by atoms with Crippen LogP contribution in [0.3, 0.4) is 0 Å². The highest BCUT2D eigenvalue weighted by Gasteiger charge is 2.16. The topological polar surface area (TPSA) is 88.6 Å². The summed E-state index contributed by atoms with van der Waals surface area (Å²) in [7, 11) is 0. The Morgan fingerprint density at radius 3 is 2.66 bits per heavy atom. The molecule has 1 saturated heterocycles. The summed E-state index contributed by atoms with van der Waals surface area (Å²) in [5.41, 5.74) is 1.90. The smallest absolute Gasteiger partial charge is 0.229 e. The van der Waals surface area contributed by atoms with E-state index in [0.717, 1.165) is 36.3 Å². The molecule has 1 aromatic heterocycles. The van der Waals surface area contributed by atoms with E-state index in [1.165, 1.54) is 12.3 Å². The number of morpholine rings is 1. The normalized spacial score (nSPS) is 13.7. The molecule has 8 nitrogen and oxygen atoms in total. The number of benzene rings is 2. The molecule has 0 radical (unpaired) electrons. The minimum atomic E-state index is -0.836. The summed E-state index contributed by atoms with van der Waals surface area (Å²) in [4.78, 5) is 22.2. The van der Waals surface area contributed by atoms with Crippen LogP contribution in [0.4, 0.5) is 26.2 Å². The summed E-state index contributed by atoms with van der Waals surface area (Å²) in [6.45, 7) is 7.38. The number of hydrogen-bond acceptors (Lipinski definition) is 8. The van der Waals surface area contributed by atoms with Gasteiger partial charge in [0.15, 0.2) is 29.0 Å². The van der Waals surface area contributed by atoms with Gasteiger partial charge in [-0.05, 0) is 17.2 Å². The second-order valence-corrected chi connectivity index (χ2v) is 9.01. The van der Waals surface area contributed by atoms with Crippen LogP contribution < -0.4 is 15.4 Å². The highest BCUT2D eigenvalue weighted by molar-refractivity contribution is 6.32. The monoisotopic (exact) mass is 543 g/mol. The Balaban J connectivity index is 1.37. The number of anilines is 3. The lowest BCUT2D eigenvalue weighted by molar-refractivity contribution is -0.114. The van der Waals surface area contributed by atoms with Crippen molar-refractivity contribution in [2.24, 2.45) is 0 Å². The Hall–Kier alpha value is -3.60. The van der Waals surface area contributed by atoms with Gasteiger partial charge in [-0.25, -0.2) is 13.8 Å². The van der Waals surface area contributed by atoms with Crippen molar-refractivity contribution in [2.45, 2.75) is 13.0 Å². The molecule has 0 amide bonds. The lowest BCUT2D eigenvalue weighted by Gasteiger charge is -2.26. The summed E-state index contributed by atoms with van der Waals surface area (Å²) in [6, 6.07) is 9.76. The van der Waals surface area contributed by atoms with Crippen LogP contribution in [0.5, 0.6) is 5.75 Å². The van der Waals surface area contributed by atoms with Crippen LogP contribution in [0.25, 0.3) is 0 Å². The number of aromatic nitrogens is 2. The van der Waals surface area contributed by atoms with Gasteiger partial charge in [0.1, 0.15) is 11.6 Å². The van der Waals surface area contributed by atoms with E-state index in [-0.39, 0.29) is 35.5 Å².